The minimum atomic E-state index is 0.749. The van der Waals surface area contributed by atoms with Gasteiger partial charge in [-0.05, 0) is 5.56 Å². The topological polar surface area (TPSA) is 52.6 Å². The molecule has 1 fully saturated rings. The Morgan fingerprint density at radius 3 is 2.35 bits per heavy atom. The summed E-state index contributed by atoms with van der Waals surface area (Å²) >= 11 is 0. The van der Waals surface area contributed by atoms with E-state index in [1.54, 1.807) is 0 Å². The maximum atomic E-state index is 10.5. The minimum absolute atomic E-state index is 0.749. The van der Waals surface area contributed by atoms with Crippen LogP contribution in [0.25, 0.3) is 0 Å². The Labute approximate surface area is 102 Å². The zero-order valence-corrected chi connectivity index (χ0v) is 10.2. The van der Waals surface area contributed by atoms with Gasteiger partial charge in [-0.1, -0.05) is 24.3 Å². The summed E-state index contributed by atoms with van der Waals surface area (Å²) in [4.78, 5) is 12.9. The van der Waals surface area contributed by atoms with Gasteiger partial charge >= 0.3 is 0 Å². The van der Waals surface area contributed by atoms with Crippen LogP contribution in [-0.2, 0) is 6.54 Å². The maximum absolute atomic E-state index is 10.5. The van der Waals surface area contributed by atoms with Gasteiger partial charge in [-0.2, -0.15) is 0 Å². The monoisotopic (exact) mass is 236 g/mol. The number of aliphatic hydroxyl groups is 1. The van der Waals surface area contributed by atoms with E-state index < -0.39 is 0 Å². The molecule has 1 aliphatic heterocycles. The first kappa shape index (κ1) is 13.8. The standard InChI is InChI=1S/C12H16N2O.CH4O/c15-10-12-3-1-11(2-4-12)9-14-7-5-13-6-8-14;1-2/h1-4,10,13H,5-9H2;2H,1H3. The molecule has 1 aromatic carbocycles. The molecule has 0 spiro atoms. The number of aldehydes is 1. The average molecular weight is 236 g/mol. The van der Waals surface area contributed by atoms with Crippen LogP contribution in [0.5, 0.6) is 0 Å². The largest absolute Gasteiger partial charge is 0.400 e. The molecule has 0 amide bonds. The molecule has 1 aromatic rings. The van der Waals surface area contributed by atoms with Crippen molar-refractivity contribution in [3.8, 4) is 0 Å². The van der Waals surface area contributed by atoms with Crippen LogP contribution in [0.3, 0.4) is 0 Å². The minimum Gasteiger partial charge on any atom is -0.400 e. The molecule has 2 N–H and O–H groups in total. The molecule has 0 saturated carbocycles. The SMILES string of the molecule is CO.O=Cc1ccc(CN2CCNCC2)cc1. The molecular formula is C13H20N2O2. The van der Waals surface area contributed by atoms with Crippen LogP contribution < -0.4 is 5.32 Å². The second-order valence-electron chi connectivity index (χ2n) is 3.89. The Morgan fingerprint density at radius 1 is 1.24 bits per heavy atom. The number of carbonyl (C=O) groups excluding carboxylic acids is 1. The summed E-state index contributed by atoms with van der Waals surface area (Å²) in [6.07, 6.45) is 0.884. The first-order chi connectivity index (χ1) is 8.38. The van der Waals surface area contributed by atoms with Gasteiger partial charge in [0.05, 0.1) is 0 Å². The van der Waals surface area contributed by atoms with Gasteiger partial charge in [-0.3, -0.25) is 9.69 Å². The maximum Gasteiger partial charge on any atom is 0.150 e. The Bertz CT molecular complexity index is 319. The highest BCUT2D eigenvalue weighted by atomic mass is 16.2. The van der Waals surface area contributed by atoms with Gasteiger partial charge in [-0.15, -0.1) is 0 Å². The van der Waals surface area contributed by atoms with Crippen LogP contribution in [-0.4, -0.2) is 49.6 Å². The Morgan fingerprint density at radius 2 is 1.82 bits per heavy atom. The molecule has 0 bridgehead atoms. The molecule has 1 saturated heterocycles. The molecule has 0 radical (unpaired) electrons. The van der Waals surface area contributed by atoms with Gasteiger partial charge in [0.1, 0.15) is 6.29 Å². The van der Waals surface area contributed by atoms with Crippen molar-refractivity contribution in [1.29, 1.82) is 0 Å². The molecule has 2 rings (SSSR count). The summed E-state index contributed by atoms with van der Waals surface area (Å²) < 4.78 is 0. The number of rotatable bonds is 3. The highest BCUT2D eigenvalue weighted by molar-refractivity contribution is 5.74. The van der Waals surface area contributed by atoms with Crippen molar-refractivity contribution in [3.63, 3.8) is 0 Å². The van der Waals surface area contributed by atoms with E-state index in [4.69, 9.17) is 5.11 Å². The highest BCUT2D eigenvalue weighted by Gasteiger charge is 2.09. The molecule has 17 heavy (non-hydrogen) atoms. The van der Waals surface area contributed by atoms with E-state index >= 15 is 0 Å². The third kappa shape index (κ3) is 4.65. The Hall–Kier alpha value is -1.23. The van der Waals surface area contributed by atoms with Crippen LogP contribution in [0.4, 0.5) is 0 Å². The summed E-state index contributed by atoms with van der Waals surface area (Å²) in [5, 5.41) is 10.3. The summed E-state index contributed by atoms with van der Waals surface area (Å²) in [6.45, 7) is 5.35. The van der Waals surface area contributed by atoms with Gasteiger partial charge in [0.25, 0.3) is 0 Å². The van der Waals surface area contributed by atoms with Crippen molar-refractivity contribution in [1.82, 2.24) is 10.2 Å². The van der Waals surface area contributed by atoms with Crippen LogP contribution in [0, 0.1) is 0 Å². The number of carbonyl (C=O) groups is 1. The van der Waals surface area contributed by atoms with Gasteiger partial charge in [0.2, 0.25) is 0 Å². The van der Waals surface area contributed by atoms with Crippen molar-refractivity contribution in [2.75, 3.05) is 33.3 Å². The zero-order valence-electron chi connectivity index (χ0n) is 10.2. The number of benzene rings is 1. The van der Waals surface area contributed by atoms with Crippen molar-refractivity contribution in [2.45, 2.75) is 6.54 Å². The van der Waals surface area contributed by atoms with Crippen LogP contribution in [0.2, 0.25) is 0 Å². The van der Waals surface area contributed by atoms with E-state index in [2.05, 4.69) is 10.2 Å². The van der Waals surface area contributed by atoms with Gasteiger partial charge in [0.15, 0.2) is 0 Å². The van der Waals surface area contributed by atoms with Crippen molar-refractivity contribution in [3.05, 3.63) is 35.4 Å². The zero-order chi connectivity index (χ0) is 12.5. The quantitative estimate of drug-likeness (QED) is 0.751. The predicted molar refractivity (Wildman–Crippen MR) is 68.1 cm³/mol. The van der Waals surface area contributed by atoms with Crippen molar-refractivity contribution in [2.24, 2.45) is 0 Å². The van der Waals surface area contributed by atoms with Gasteiger partial charge in [0, 0.05) is 45.4 Å². The molecule has 4 nitrogen and oxygen atoms in total. The average Bonchev–Trinajstić information content (AvgIpc) is 2.43. The van der Waals surface area contributed by atoms with E-state index in [1.165, 1.54) is 5.56 Å². The lowest BCUT2D eigenvalue weighted by Crippen LogP contribution is -2.42. The second-order valence-corrected chi connectivity index (χ2v) is 3.89. The molecule has 4 heteroatoms. The molecule has 1 aliphatic rings. The Kier molecular flexibility index (Phi) is 6.47. The molecule has 0 aliphatic carbocycles. The van der Waals surface area contributed by atoms with Gasteiger partial charge in [-0.25, -0.2) is 0 Å². The summed E-state index contributed by atoms with van der Waals surface area (Å²) in [6, 6.07) is 7.83. The van der Waals surface area contributed by atoms with E-state index in [-0.39, 0.29) is 0 Å². The normalized spacial score (nSPS) is 15.9. The molecule has 0 unspecified atom stereocenters. The first-order valence-corrected chi connectivity index (χ1v) is 5.80. The van der Waals surface area contributed by atoms with Gasteiger partial charge < -0.3 is 10.4 Å². The third-order valence-electron chi connectivity index (χ3n) is 2.73. The molecule has 94 valence electrons. The number of piperazine rings is 1. The van der Waals surface area contributed by atoms with E-state index in [0.29, 0.717) is 0 Å². The molecular weight excluding hydrogens is 216 g/mol. The fourth-order valence-electron chi connectivity index (χ4n) is 1.83. The van der Waals surface area contributed by atoms with Crippen molar-refractivity contribution >= 4 is 6.29 Å². The van der Waals surface area contributed by atoms with Crippen molar-refractivity contribution < 1.29 is 9.90 Å². The summed E-state index contributed by atoms with van der Waals surface area (Å²) in [5.41, 5.74) is 2.03. The number of nitrogens with one attached hydrogen (secondary N) is 1. The number of hydrogen-bond acceptors (Lipinski definition) is 4. The lowest BCUT2D eigenvalue weighted by Gasteiger charge is -2.27. The number of aliphatic hydroxyl groups excluding tert-OH is 1. The molecule has 0 atom stereocenters. The third-order valence-corrected chi connectivity index (χ3v) is 2.73. The Balaban J connectivity index is 0.000000686. The number of hydrogen-bond donors (Lipinski definition) is 2. The first-order valence-electron chi connectivity index (χ1n) is 5.80. The second kappa shape index (κ2) is 7.95. The summed E-state index contributed by atoms with van der Waals surface area (Å²) in [5.74, 6) is 0. The predicted octanol–water partition coefficient (Wildman–Crippen LogP) is 0.513. The molecule has 1 heterocycles. The van der Waals surface area contributed by atoms with E-state index in [1.807, 2.05) is 24.3 Å². The fourth-order valence-corrected chi connectivity index (χ4v) is 1.83. The van der Waals surface area contributed by atoms with Crippen LogP contribution in [0.1, 0.15) is 15.9 Å². The fraction of sp³-hybridized carbons (Fsp3) is 0.462. The summed E-state index contributed by atoms with van der Waals surface area (Å²) in [7, 11) is 1.00. The highest BCUT2D eigenvalue weighted by Crippen LogP contribution is 2.06. The van der Waals surface area contributed by atoms with E-state index in [9.17, 15) is 4.79 Å². The smallest absolute Gasteiger partial charge is 0.150 e. The van der Waals surface area contributed by atoms with Crippen LogP contribution in [0.15, 0.2) is 24.3 Å². The van der Waals surface area contributed by atoms with Crippen LogP contribution >= 0.6 is 0 Å². The molecule has 0 aromatic heterocycles. The lowest BCUT2D eigenvalue weighted by molar-refractivity contribution is 0.112. The number of nitrogens with zero attached hydrogens (tertiary/aromatic N) is 1. The van der Waals surface area contributed by atoms with E-state index in [0.717, 1.165) is 51.7 Å². The lowest BCUT2D eigenvalue weighted by atomic mass is 10.1.